The highest BCUT2D eigenvalue weighted by molar-refractivity contribution is 5.92. The minimum atomic E-state index is -0.332. The summed E-state index contributed by atoms with van der Waals surface area (Å²) in [6.07, 6.45) is 1.65. The number of ether oxygens (including phenoxy) is 1. The van der Waals surface area contributed by atoms with Gasteiger partial charge in [-0.05, 0) is 26.7 Å². The Bertz CT molecular complexity index is 654. The number of aromatic amines is 1. The molecule has 0 spiro atoms. The summed E-state index contributed by atoms with van der Waals surface area (Å²) in [5.41, 5.74) is 5.44. The summed E-state index contributed by atoms with van der Waals surface area (Å²) >= 11 is 0. The van der Waals surface area contributed by atoms with Crippen LogP contribution in [-0.2, 0) is 24.6 Å². The molecule has 0 atom stereocenters. The molecule has 2 aromatic heterocycles. The smallest absolute Gasteiger partial charge is 0.356 e. The Hall–Kier alpha value is -2.11. The lowest BCUT2D eigenvalue weighted by atomic mass is 9.92. The van der Waals surface area contributed by atoms with Crippen LogP contribution in [-0.4, -0.2) is 32.6 Å². The molecular weight excluding hydrogens is 244 g/mol. The van der Waals surface area contributed by atoms with Crippen LogP contribution in [0.2, 0.25) is 0 Å². The zero-order valence-corrected chi connectivity index (χ0v) is 11.3. The van der Waals surface area contributed by atoms with Gasteiger partial charge in [-0.25, -0.2) is 4.79 Å². The molecule has 3 rings (SSSR count). The summed E-state index contributed by atoms with van der Waals surface area (Å²) in [6, 6.07) is 0. The zero-order valence-electron chi connectivity index (χ0n) is 11.3. The highest BCUT2D eigenvalue weighted by Crippen LogP contribution is 2.35. The number of nitrogens with zero attached hydrogens (tertiary/aromatic N) is 3. The predicted molar refractivity (Wildman–Crippen MR) is 68.9 cm³/mol. The first kappa shape index (κ1) is 12.0. The van der Waals surface area contributed by atoms with Crippen molar-refractivity contribution in [2.75, 3.05) is 6.61 Å². The van der Waals surface area contributed by atoms with E-state index >= 15 is 0 Å². The van der Waals surface area contributed by atoms with Crippen molar-refractivity contribution in [3.05, 3.63) is 22.6 Å². The van der Waals surface area contributed by atoms with Crippen LogP contribution in [0.25, 0.3) is 11.3 Å². The molecule has 6 nitrogen and oxygen atoms in total. The van der Waals surface area contributed by atoms with Crippen LogP contribution in [0.1, 0.15) is 34.4 Å². The summed E-state index contributed by atoms with van der Waals surface area (Å²) in [4.78, 5) is 11.9. The van der Waals surface area contributed by atoms with Gasteiger partial charge in [0.1, 0.15) is 5.69 Å². The van der Waals surface area contributed by atoms with E-state index in [9.17, 15) is 4.79 Å². The fourth-order valence-electron chi connectivity index (χ4n) is 2.73. The van der Waals surface area contributed by atoms with E-state index in [4.69, 9.17) is 4.74 Å². The third-order valence-corrected chi connectivity index (χ3v) is 3.54. The molecule has 0 aromatic carbocycles. The van der Waals surface area contributed by atoms with Gasteiger partial charge in [0.15, 0.2) is 0 Å². The second-order valence-electron chi connectivity index (χ2n) is 4.68. The average molecular weight is 260 g/mol. The van der Waals surface area contributed by atoms with Crippen LogP contribution in [0, 0.1) is 6.92 Å². The molecule has 1 aliphatic rings. The minimum absolute atomic E-state index is 0.332. The molecule has 0 bridgehead atoms. The molecular formula is C13H16N4O2. The fourth-order valence-corrected chi connectivity index (χ4v) is 2.73. The van der Waals surface area contributed by atoms with Crippen molar-refractivity contribution in [2.45, 2.75) is 26.7 Å². The number of carbonyl (C=O) groups is 1. The summed E-state index contributed by atoms with van der Waals surface area (Å²) in [7, 11) is 1.94. The summed E-state index contributed by atoms with van der Waals surface area (Å²) in [5.74, 6) is -0.332. The molecule has 2 heterocycles. The number of H-pyrrole nitrogens is 1. The summed E-state index contributed by atoms with van der Waals surface area (Å²) in [5, 5.41) is 11.5. The topological polar surface area (TPSA) is 72.8 Å². The molecule has 1 aliphatic carbocycles. The lowest BCUT2D eigenvalue weighted by Gasteiger charge is -2.13. The first-order chi connectivity index (χ1) is 9.13. The standard InChI is InChI=1S/C13H16N4O2/c1-4-19-13(18)12-8-5-6-9-10(11(8)14-15-12)7(2)16-17(9)3/h4-6H2,1-3H3,(H,14,15). The highest BCUT2D eigenvalue weighted by atomic mass is 16.5. The van der Waals surface area contributed by atoms with Crippen molar-refractivity contribution in [1.29, 1.82) is 0 Å². The molecule has 0 aliphatic heterocycles. The zero-order chi connectivity index (χ0) is 13.6. The number of nitrogens with one attached hydrogen (secondary N) is 1. The van der Waals surface area contributed by atoms with Gasteiger partial charge in [-0.2, -0.15) is 10.2 Å². The molecule has 1 N–H and O–H groups in total. The van der Waals surface area contributed by atoms with Crippen LogP contribution in [0.15, 0.2) is 0 Å². The Labute approximate surface area is 110 Å². The average Bonchev–Trinajstić information content (AvgIpc) is 2.91. The van der Waals surface area contributed by atoms with E-state index in [1.54, 1.807) is 6.92 Å². The van der Waals surface area contributed by atoms with Gasteiger partial charge in [0, 0.05) is 23.9 Å². The molecule has 19 heavy (non-hydrogen) atoms. The predicted octanol–water partition coefficient (Wildman–Crippen LogP) is 1.39. The van der Waals surface area contributed by atoms with Crippen molar-refractivity contribution in [2.24, 2.45) is 7.05 Å². The van der Waals surface area contributed by atoms with E-state index in [0.29, 0.717) is 12.3 Å². The number of aryl methyl sites for hydroxylation is 2. The van der Waals surface area contributed by atoms with E-state index in [2.05, 4.69) is 15.3 Å². The maximum Gasteiger partial charge on any atom is 0.356 e. The first-order valence-electron chi connectivity index (χ1n) is 6.40. The van der Waals surface area contributed by atoms with Crippen molar-refractivity contribution in [3.63, 3.8) is 0 Å². The van der Waals surface area contributed by atoms with Gasteiger partial charge in [-0.15, -0.1) is 0 Å². The summed E-state index contributed by atoms with van der Waals surface area (Å²) in [6.45, 7) is 4.13. The van der Waals surface area contributed by atoms with Crippen LogP contribution in [0.4, 0.5) is 0 Å². The molecule has 2 aromatic rings. The molecule has 100 valence electrons. The number of hydrogen-bond donors (Lipinski definition) is 1. The Morgan fingerprint density at radius 2 is 2.26 bits per heavy atom. The van der Waals surface area contributed by atoms with E-state index in [-0.39, 0.29) is 5.97 Å². The van der Waals surface area contributed by atoms with Crippen molar-refractivity contribution < 1.29 is 9.53 Å². The number of hydrogen-bond acceptors (Lipinski definition) is 4. The van der Waals surface area contributed by atoms with Gasteiger partial charge in [-0.3, -0.25) is 9.78 Å². The van der Waals surface area contributed by atoms with Crippen molar-refractivity contribution in [1.82, 2.24) is 20.0 Å². The van der Waals surface area contributed by atoms with E-state index in [1.165, 1.54) is 5.69 Å². The van der Waals surface area contributed by atoms with Crippen LogP contribution in [0.5, 0.6) is 0 Å². The molecule has 0 radical (unpaired) electrons. The van der Waals surface area contributed by atoms with Crippen LogP contribution in [0.3, 0.4) is 0 Å². The lowest BCUT2D eigenvalue weighted by molar-refractivity contribution is 0.0518. The molecule has 6 heteroatoms. The number of carbonyl (C=O) groups excluding carboxylic acids is 1. The number of aromatic nitrogens is 4. The molecule has 0 fully saturated rings. The van der Waals surface area contributed by atoms with E-state index in [1.807, 2.05) is 18.7 Å². The highest BCUT2D eigenvalue weighted by Gasteiger charge is 2.29. The number of esters is 1. The van der Waals surface area contributed by atoms with Gasteiger partial charge < -0.3 is 4.74 Å². The maximum atomic E-state index is 11.9. The second-order valence-corrected chi connectivity index (χ2v) is 4.68. The van der Waals surface area contributed by atoms with Gasteiger partial charge in [0.25, 0.3) is 0 Å². The minimum Gasteiger partial charge on any atom is -0.461 e. The third-order valence-electron chi connectivity index (χ3n) is 3.54. The normalized spacial score (nSPS) is 13.0. The van der Waals surface area contributed by atoms with E-state index in [0.717, 1.165) is 35.4 Å². The molecule has 0 saturated carbocycles. The van der Waals surface area contributed by atoms with Gasteiger partial charge in [0.2, 0.25) is 0 Å². The molecule has 0 saturated heterocycles. The monoisotopic (exact) mass is 260 g/mol. The van der Waals surface area contributed by atoms with Crippen molar-refractivity contribution >= 4 is 5.97 Å². The van der Waals surface area contributed by atoms with Crippen molar-refractivity contribution in [3.8, 4) is 11.3 Å². The SMILES string of the molecule is CCOC(=O)c1[nH]nc2c1CCc1c-2c(C)nn1C. The van der Waals surface area contributed by atoms with Crippen LogP contribution < -0.4 is 0 Å². The van der Waals surface area contributed by atoms with Gasteiger partial charge in [0.05, 0.1) is 18.0 Å². The quantitative estimate of drug-likeness (QED) is 0.828. The van der Waals surface area contributed by atoms with Crippen LogP contribution >= 0.6 is 0 Å². The number of rotatable bonds is 2. The Morgan fingerprint density at radius 3 is 3.00 bits per heavy atom. The second kappa shape index (κ2) is 4.22. The molecule has 0 unspecified atom stereocenters. The number of fused-ring (bicyclic) bond motifs is 3. The van der Waals surface area contributed by atoms with Gasteiger partial charge in [-0.1, -0.05) is 0 Å². The molecule has 0 amide bonds. The summed E-state index contributed by atoms with van der Waals surface area (Å²) < 4.78 is 6.94. The largest absolute Gasteiger partial charge is 0.461 e. The maximum absolute atomic E-state index is 11.9. The first-order valence-corrected chi connectivity index (χ1v) is 6.40. The third kappa shape index (κ3) is 1.67. The Balaban J connectivity index is 2.12. The lowest BCUT2D eigenvalue weighted by Crippen LogP contribution is -2.12. The fraction of sp³-hybridized carbons (Fsp3) is 0.462. The Morgan fingerprint density at radius 1 is 1.47 bits per heavy atom. The van der Waals surface area contributed by atoms with Gasteiger partial charge >= 0.3 is 5.97 Å². The Kier molecular flexibility index (Phi) is 2.66. The van der Waals surface area contributed by atoms with E-state index < -0.39 is 0 Å².